The number of hydrogen-bond acceptors (Lipinski definition) is 6. The summed E-state index contributed by atoms with van der Waals surface area (Å²) in [6.07, 6.45) is 1.64. The van der Waals surface area contributed by atoms with E-state index in [9.17, 15) is 13.5 Å². The lowest BCUT2D eigenvalue weighted by Crippen LogP contribution is -2.13. The number of fused-ring (bicyclic) bond motifs is 1. The van der Waals surface area contributed by atoms with Crippen molar-refractivity contribution in [1.29, 1.82) is 0 Å². The monoisotopic (exact) mass is 411 g/mol. The molecule has 0 bridgehead atoms. The highest BCUT2D eigenvalue weighted by Gasteiger charge is 2.19. The first kappa shape index (κ1) is 18.7. The zero-order chi connectivity index (χ0) is 18.9. The van der Waals surface area contributed by atoms with Gasteiger partial charge in [-0.1, -0.05) is 35.3 Å². The number of anilines is 1. The second-order valence-corrected chi connectivity index (χ2v) is 8.50. The van der Waals surface area contributed by atoms with Crippen LogP contribution in [0.5, 0.6) is 5.75 Å². The first-order valence-corrected chi connectivity index (χ1v) is 10.3. The predicted molar refractivity (Wildman–Crippen MR) is 103 cm³/mol. The highest BCUT2D eigenvalue weighted by molar-refractivity contribution is 7.90. The summed E-state index contributed by atoms with van der Waals surface area (Å²) in [7, 11) is -3.60. The zero-order valence-corrected chi connectivity index (χ0v) is 16.0. The number of phenolic OH excluding ortho intramolecular Hbond substituents is 1. The largest absolute Gasteiger partial charge is 0.508 e. The minimum Gasteiger partial charge on any atom is -0.508 e. The highest BCUT2D eigenvalue weighted by Crippen LogP contribution is 2.29. The fourth-order valence-corrected chi connectivity index (χ4v) is 3.50. The average molecular weight is 412 g/mol. The fraction of sp³-hybridized carbons (Fsp3) is 0.176. The third-order valence-corrected chi connectivity index (χ3v) is 5.35. The van der Waals surface area contributed by atoms with E-state index in [2.05, 4.69) is 15.3 Å². The maximum Gasteiger partial charge on any atom is 0.198 e. The van der Waals surface area contributed by atoms with Gasteiger partial charge in [-0.15, -0.1) is 0 Å². The number of phenols is 1. The number of sulfone groups is 1. The number of benzene rings is 2. The first-order valence-electron chi connectivity index (χ1n) is 7.62. The highest BCUT2D eigenvalue weighted by atomic mass is 35.5. The van der Waals surface area contributed by atoms with E-state index in [1.807, 2.05) is 6.07 Å². The van der Waals surface area contributed by atoms with Gasteiger partial charge in [0.2, 0.25) is 0 Å². The SMILES string of the molecule is CS(=O)(=O)c1nc2cc(Cl)c(Cl)cc2nc1NCCc1cccc(O)c1. The molecule has 3 rings (SSSR count). The van der Waals surface area contributed by atoms with Gasteiger partial charge in [-0.05, 0) is 36.2 Å². The number of nitrogens with one attached hydrogen (secondary N) is 1. The molecule has 0 saturated heterocycles. The minimum absolute atomic E-state index is 0.151. The Balaban J connectivity index is 1.93. The summed E-state index contributed by atoms with van der Waals surface area (Å²) in [5.41, 5.74) is 1.69. The Kier molecular flexibility index (Phi) is 5.22. The van der Waals surface area contributed by atoms with Crippen molar-refractivity contribution >= 4 is 49.9 Å². The van der Waals surface area contributed by atoms with Gasteiger partial charge in [0.1, 0.15) is 5.75 Å². The van der Waals surface area contributed by atoms with Gasteiger partial charge in [-0.25, -0.2) is 18.4 Å². The molecule has 0 aliphatic rings. The summed E-state index contributed by atoms with van der Waals surface area (Å²) in [5.74, 6) is 0.329. The van der Waals surface area contributed by atoms with E-state index >= 15 is 0 Å². The van der Waals surface area contributed by atoms with Gasteiger partial charge in [0.15, 0.2) is 20.7 Å². The van der Waals surface area contributed by atoms with Crippen molar-refractivity contribution in [2.75, 3.05) is 18.1 Å². The molecule has 0 fully saturated rings. The van der Waals surface area contributed by atoms with Crippen molar-refractivity contribution in [3.8, 4) is 5.75 Å². The van der Waals surface area contributed by atoms with Crippen molar-refractivity contribution < 1.29 is 13.5 Å². The van der Waals surface area contributed by atoms with Gasteiger partial charge in [0.05, 0.1) is 21.1 Å². The molecule has 1 aromatic heterocycles. The van der Waals surface area contributed by atoms with Gasteiger partial charge >= 0.3 is 0 Å². The van der Waals surface area contributed by atoms with Crippen LogP contribution in [-0.2, 0) is 16.3 Å². The van der Waals surface area contributed by atoms with Crippen LogP contribution < -0.4 is 5.32 Å². The van der Waals surface area contributed by atoms with Crippen LogP contribution in [0.4, 0.5) is 5.82 Å². The van der Waals surface area contributed by atoms with E-state index in [-0.39, 0.29) is 21.6 Å². The lowest BCUT2D eigenvalue weighted by atomic mass is 10.1. The predicted octanol–water partition coefficient (Wildman–Crippen LogP) is 3.70. The second-order valence-electron chi connectivity index (χ2n) is 5.75. The molecule has 0 spiro atoms. The van der Waals surface area contributed by atoms with E-state index < -0.39 is 9.84 Å². The molecule has 0 aliphatic heterocycles. The number of aromatic hydroxyl groups is 1. The number of rotatable bonds is 5. The fourth-order valence-electron chi connectivity index (χ4n) is 2.45. The van der Waals surface area contributed by atoms with Gasteiger partial charge in [-0.3, -0.25) is 0 Å². The molecule has 9 heteroatoms. The van der Waals surface area contributed by atoms with Crippen LogP contribution >= 0.6 is 23.2 Å². The molecule has 0 amide bonds. The molecule has 136 valence electrons. The smallest absolute Gasteiger partial charge is 0.198 e. The average Bonchev–Trinajstić information content (AvgIpc) is 2.55. The first-order chi connectivity index (χ1) is 12.2. The zero-order valence-electron chi connectivity index (χ0n) is 13.7. The summed E-state index contributed by atoms with van der Waals surface area (Å²) < 4.78 is 24.2. The van der Waals surface area contributed by atoms with E-state index in [4.69, 9.17) is 23.2 Å². The number of hydrogen-bond donors (Lipinski definition) is 2. The molecule has 0 atom stereocenters. The molecule has 26 heavy (non-hydrogen) atoms. The second kappa shape index (κ2) is 7.26. The van der Waals surface area contributed by atoms with Crippen molar-refractivity contribution in [3.05, 3.63) is 52.0 Å². The maximum atomic E-state index is 12.1. The van der Waals surface area contributed by atoms with Crippen LogP contribution in [0.15, 0.2) is 41.4 Å². The molecule has 6 nitrogen and oxygen atoms in total. The summed E-state index contributed by atoms with van der Waals surface area (Å²) in [6.45, 7) is 0.410. The number of halogens is 2. The molecule has 3 aromatic rings. The Bertz CT molecular complexity index is 1090. The van der Waals surface area contributed by atoms with E-state index in [1.165, 1.54) is 6.07 Å². The van der Waals surface area contributed by atoms with Crippen molar-refractivity contribution in [1.82, 2.24) is 9.97 Å². The third-order valence-electron chi connectivity index (χ3n) is 3.64. The Morgan fingerprint density at radius 3 is 2.35 bits per heavy atom. The van der Waals surface area contributed by atoms with Crippen molar-refractivity contribution in [2.45, 2.75) is 11.4 Å². The number of nitrogens with zero attached hydrogens (tertiary/aromatic N) is 2. The standard InChI is InChI=1S/C17H15Cl2N3O3S/c1-26(24,25)17-16(20-6-5-10-3-2-4-11(23)7-10)21-14-8-12(18)13(19)9-15(14)22-17/h2-4,7-9,23H,5-6H2,1H3,(H,20,21). The molecule has 1 heterocycles. The Morgan fingerprint density at radius 1 is 1.08 bits per heavy atom. The molecule has 0 radical (unpaired) electrons. The topological polar surface area (TPSA) is 92.2 Å². The Labute approximate surface area is 160 Å². The lowest BCUT2D eigenvalue weighted by Gasteiger charge is -2.11. The molecule has 2 aromatic carbocycles. The van der Waals surface area contributed by atoms with Gasteiger partial charge < -0.3 is 10.4 Å². The normalized spacial score (nSPS) is 11.7. The van der Waals surface area contributed by atoms with Crippen LogP contribution in [0, 0.1) is 0 Å². The van der Waals surface area contributed by atoms with Gasteiger partial charge in [-0.2, -0.15) is 0 Å². The minimum atomic E-state index is -3.60. The van der Waals surface area contributed by atoms with Crippen molar-refractivity contribution in [3.63, 3.8) is 0 Å². The van der Waals surface area contributed by atoms with E-state index in [0.717, 1.165) is 11.8 Å². The Hall–Kier alpha value is -2.09. The molecule has 0 unspecified atom stereocenters. The molecule has 2 N–H and O–H groups in total. The molecular weight excluding hydrogens is 397 g/mol. The van der Waals surface area contributed by atoms with Gasteiger partial charge in [0, 0.05) is 12.8 Å². The van der Waals surface area contributed by atoms with E-state index in [1.54, 1.807) is 24.3 Å². The lowest BCUT2D eigenvalue weighted by molar-refractivity contribution is 0.474. The quantitative estimate of drug-likeness (QED) is 0.664. The molecular formula is C17H15Cl2N3O3S. The van der Waals surface area contributed by atoms with Crippen LogP contribution in [-0.4, -0.2) is 36.3 Å². The van der Waals surface area contributed by atoms with Crippen LogP contribution in [0.25, 0.3) is 11.0 Å². The van der Waals surface area contributed by atoms with Crippen LogP contribution in [0.1, 0.15) is 5.56 Å². The van der Waals surface area contributed by atoms with Crippen molar-refractivity contribution in [2.24, 2.45) is 0 Å². The summed E-state index contributed by atoms with van der Waals surface area (Å²) >= 11 is 12.0. The van der Waals surface area contributed by atoms with E-state index in [0.29, 0.717) is 29.0 Å². The summed E-state index contributed by atoms with van der Waals surface area (Å²) in [4.78, 5) is 8.54. The molecule has 0 saturated carbocycles. The summed E-state index contributed by atoms with van der Waals surface area (Å²) in [5, 5.41) is 12.9. The third kappa shape index (κ3) is 4.17. The maximum absolute atomic E-state index is 12.1. The Morgan fingerprint density at radius 2 is 1.73 bits per heavy atom. The molecule has 0 aliphatic carbocycles. The van der Waals surface area contributed by atoms with Crippen LogP contribution in [0.3, 0.4) is 0 Å². The van der Waals surface area contributed by atoms with Gasteiger partial charge in [0.25, 0.3) is 0 Å². The van der Waals surface area contributed by atoms with Crippen LogP contribution in [0.2, 0.25) is 10.0 Å². The number of aromatic nitrogens is 2. The summed E-state index contributed by atoms with van der Waals surface area (Å²) in [6, 6.07) is 9.87.